The molecule has 1 saturated heterocycles. The molecular weight excluding hydrogens is 1000 g/mol. The molecule has 0 radical (unpaired) electrons. The zero-order valence-corrected chi connectivity index (χ0v) is 47.4. The number of benzene rings is 6. The molecule has 7 atom stereocenters. The average molecular weight is 1070 g/mol. The third-order valence-corrected chi connectivity index (χ3v) is 25.1. The van der Waals surface area contributed by atoms with Crippen LogP contribution in [-0.2, 0) is 27.8 Å². The molecule has 0 saturated carbocycles. The summed E-state index contributed by atoms with van der Waals surface area (Å²) in [6.07, 6.45) is -1.52. The summed E-state index contributed by atoms with van der Waals surface area (Å²) in [5.41, 5.74) is 2.86. The Morgan fingerprint density at radius 3 is 1.79 bits per heavy atom. The van der Waals surface area contributed by atoms with Gasteiger partial charge in [-0.25, -0.2) is 29.3 Å². The Balaban J connectivity index is 1.12. The monoisotopic (exact) mass is 1070 g/mol. The number of nitrogens with zero attached hydrogens (tertiary/aromatic N) is 4. The Morgan fingerprint density at radius 1 is 0.636 bits per heavy atom. The summed E-state index contributed by atoms with van der Waals surface area (Å²) < 4.78 is 42.7. The smallest absolute Gasteiger partial charge is 0.338 e. The number of hydrogen-bond acceptors (Lipinski definition) is 13. The predicted octanol–water partition coefficient (Wildman–Crippen LogP) is 13.3. The maximum atomic E-state index is 14.7. The number of aromatic nitrogens is 4. The Kier molecular flexibility index (Phi) is 14.6. The fraction of sp³-hybridized carbons (Fsp3) is 0.344. The van der Waals surface area contributed by atoms with Gasteiger partial charge in [0.15, 0.2) is 51.9 Å². The normalized spacial score (nSPS) is 20.9. The maximum Gasteiger partial charge on any atom is 0.338 e. The summed E-state index contributed by atoms with van der Waals surface area (Å²) in [5, 5.41) is 7.17. The lowest BCUT2D eigenvalue weighted by atomic mass is 9.77. The lowest BCUT2D eigenvalue weighted by molar-refractivity contribution is -0.101. The number of esters is 3. The van der Waals surface area contributed by atoms with Gasteiger partial charge in [-0.1, -0.05) is 145 Å². The van der Waals surface area contributed by atoms with E-state index in [9.17, 15) is 14.4 Å². The lowest BCUT2D eigenvalue weighted by Crippen LogP contribution is -2.50. The van der Waals surface area contributed by atoms with Crippen molar-refractivity contribution >= 4 is 73.1 Å². The summed E-state index contributed by atoms with van der Waals surface area (Å²) in [7, 11) is -4.45. The van der Waals surface area contributed by atoms with Gasteiger partial charge in [0, 0.05) is 12.0 Å². The van der Waals surface area contributed by atoms with Crippen molar-refractivity contribution in [2.24, 2.45) is 0 Å². The van der Waals surface area contributed by atoms with Crippen molar-refractivity contribution in [3.8, 4) is 0 Å². The molecule has 77 heavy (non-hydrogen) atoms. The highest BCUT2D eigenvalue weighted by Gasteiger charge is 2.52. The molecule has 2 aromatic heterocycles. The molecule has 398 valence electrons. The molecule has 1 aliphatic carbocycles. The summed E-state index contributed by atoms with van der Waals surface area (Å²) in [6.45, 7) is 22.8. The minimum absolute atomic E-state index is 0.00410. The van der Waals surface area contributed by atoms with Crippen molar-refractivity contribution in [1.82, 2.24) is 19.5 Å². The van der Waals surface area contributed by atoms with Crippen molar-refractivity contribution in [2.45, 2.75) is 127 Å². The molecule has 16 heteroatoms. The lowest BCUT2D eigenvalue weighted by Gasteiger charge is -2.43. The number of fused-ring (bicyclic) bond motifs is 6. The van der Waals surface area contributed by atoms with E-state index < -0.39 is 65.1 Å². The van der Waals surface area contributed by atoms with Crippen molar-refractivity contribution in [3.05, 3.63) is 180 Å². The average Bonchev–Trinajstić information content (AvgIpc) is 4.12. The SMILES string of the molecule is CC(C)(C)[Si](C)(C)OC[C@H]1O[C@@H](n2cnc3c(NC4c5c(ccc6ccc7ccccc7c56)[C@H](OC(=O)c5ccccc5)[C@@H](OC(=O)c5ccccc5)C4OC(=O)c4ccccc4)ncnc32)C[C@@H]1O[Si](C)(C)C(C)(C)C. The van der Waals surface area contributed by atoms with Crippen LogP contribution >= 0.6 is 0 Å². The second-order valence-corrected chi connectivity index (χ2v) is 32.7. The van der Waals surface area contributed by atoms with Crippen LogP contribution in [0.5, 0.6) is 0 Å². The van der Waals surface area contributed by atoms with E-state index in [2.05, 4.69) is 79.1 Å². The molecule has 1 N–H and O–H groups in total. The van der Waals surface area contributed by atoms with E-state index in [-0.39, 0.29) is 39.0 Å². The van der Waals surface area contributed by atoms with Crippen LogP contribution < -0.4 is 5.32 Å². The summed E-state index contributed by atoms with van der Waals surface area (Å²) >= 11 is 0. The molecule has 0 spiro atoms. The Morgan fingerprint density at radius 2 is 1.18 bits per heavy atom. The number of rotatable bonds is 14. The number of nitrogens with one attached hydrogen (secondary N) is 1. The van der Waals surface area contributed by atoms with Gasteiger partial charge in [0.05, 0.1) is 41.8 Å². The first-order valence-corrected chi connectivity index (χ1v) is 32.1. The van der Waals surface area contributed by atoms with E-state index in [0.29, 0.717) is 41.1 Å². The topological polar surface area (TPSA) is 162 Å². The largest absolute Gasteiger partial charge is 0.452 e. The summed E-state index contributed by atoms with van der Waals surface area (Å²) in [5.74, 6) is -1.76. The quantitative estimate of drug-likeness (QED) is 0.0474. The van der Waals surface area contributed by atoms with E-state index >= 15 is 0 Å². The molecule has 3 heterocycles. The first-order valence-electron chi connectivity index (χ1n) is 26.3. The third-order valence-electron chi connectivity index (χ3n) is 16.1. The van der Waals surface area contributed by atoms with Crippen LogP contribution in [0.15, 0.2) is 152 Å². The second kappa shape index (κ2) is 21.0. The van der Waals surface area contributed by atoms with E-state index in [1.54, 1.807) is 91.3 Å². The van der Waals surface area contributed by atoms with Crippen LogP contribution in [0.25, 0.3) is 32.7 Å². The number of anilines is 1. The molecule has 2 unspecified atom stereocenters. The standard InChI is InChI=1S/C61H67N5O9Si2/c1-60(2,3)76(7,8)70-35-46-45(75-77(9,10)61(4,5)6)34-47(71-46)66-37-64-51-55(62-36-63-56(51)66)65-50-49-44(33-32-39-31-30-38-22-20-21-29-43(38)48(39)49)52(72-57(67)40-23-14-11-15-24-40)54(74-59(69)42-27-18-13-19-28-42)53(50)73-58(68)41-25-16-12-17-26-41/h11-33,36-37,45-47,50,52-54H,34-35H2,1-10H3,(H,62,63,65)/t45-,46+,47+,50?,52-,53?,54+/m0/s1. The van der Waals surface area contributed by atoms with E-state index in [1.165, 1.54) is 6.33 Å². The van der Waals surface area contributed by atoms with E-state index in [0.717, 1.165) is 21.5 Å². The van der Waals surface area contributed by atoms with Crippen molar-refractivity contribution in [1.29, 1.82) is 0 Å². The second-order valence-electron chi connectivity index (χ2n) is 23.1. The van der Waals surface area contributed by atoms with E-state index in [4.69, 9.17) is 42.8 Å². The van der Waals surface area contributed by atoms with Gasteiger partial charge in [-0.2, -0.15) is 0 Å². The predicted molar refractivity (Wildman–Crippen MR) is 303 cm³/mol. The van der Waals surface area contributed by atoms with Crippen LogP contribution in [0.1, 0.15) is 109 Å². The highest BCUT2D eigenvalue weighted by atomic mass is 28.4. The Labute approximate surface area is 451 Å². The minimum atomic E-state index is -2.28. The summed E-state index contributed by atoms with van der Waals surface area (Å²) in [4.78, 5) is 58.3. The van der Waals surface area contributed by atoms with Crippen LogP contribution in [0.2, 0.25) is 36.3 Å². The van der Waals surface area contributed by atoms with Gasteiger partial charge < -0.3 is 33.1 Å². The molecule has 10 rings (SSSR count). The molecule has 0 amide bonds. The van der Waals surface area contributed by atoms with Crippen LogP contribution in [0.3, 0.4) is 0 Å². The fourth-order valence-electron chi connectivity index (χ4n) is 9.79. The van der Waals surface area contributed by atoms with Gasteiger partial charge in [0.2, 0.25) is 0 Å². The third kappa shape index (κ3) is 10.7. The molecule has 1 fully saturated rings. The van der Waals surface area contributed by atoms with Gasteiger partial charge in [0.1, 0.15) is 18.7 Å². The van der Waals surface area contributed by atoms with Crippen LogP contribution in [0.4, 0.5) is 5.82 Å². The molecule has 2 aliphatic rings. The number of hydrogen-bond donors (Lipinski definition) is 1. The first kappa shape index (κ1) is 53.3. The first-order chi connectivity index (χ1) is 36.7. The molecule has 6 aromatic carbocycles. The van der Waals surface area contributed by atoms with Crippen molar-refractivity contribution in [2.75, 3.05) is 11.9 Å². The van der Waals surface area contributed by atoms with Gasteiger partial charge in [-0.15, -0.1) is 0 Å². The number of ether oxygens (including phenoxy) is 4. The number of carbonyl (C=O) groups excluding carboxylic acids is 3. The summed E-state index contributed by atoms with van der Waals surface area (Å²) in [6, 6.07) is 40.6. The Hall–Kier alpha value is -7.09. The molecule has 1 aliphatic heterocycles. The number of carbonyl (C=O) groups is 3. The fourth-order valence-corrected chi connectivity index (χ4v) is 12.2. The van der Waals surface area contributed by atoms with Crippen molar-refractivity contribution < 1.29 is 42.2 Å². The van der Waals surface area contributed by atoms with Crippen molar-refractivity contribution in [3.63, 3.8) is 0 Å². The molecule has 14 nitrogen and oxygen atoms in total. The zero-order chi connectivity index (χ0) is 54.4. The van der Waals surface area contributed by atoms with Gasteiger partial charge in [0.25, 0.3) is 0 Å². The minimum Gasteiger partial charge on any atom is -0.452 e. The van der Waals surface area contributed by atoms with Gasteiger partial charge >= 0.3 is 17.9 Å². The number of imidazole rings is 1. The van der Waals surface area contributed by atoms with Crippen LogP contribution in [0, 0.1) is 0 Å². The van der Waals surface area contributed by atoms with Gasteiger partial charge in [-0.3, -0.25) is 4.57 Å². The molecule has 0 bridgehead atoms. The van der Waals surface area contributed by atoms with Gasteiger partial charge in [-0.05, 0) is 99.8 Å². The Bertz CT molecular complexity index is 3450. The maximum absolute atomic E-state index is 14.7. The van der Waals surface area contributed by atoms with E-state index in [1.807, 2.05) is 53.1 Å². The van der Waals surface area contributed by atoms with Crippen LogP contribution in [-0.4, -0.2) is 85.1 Å². The molecular formula is C61H67N5O9Si2. The highest BCUT2D eigenvalue weighted by molar-refractivity contribution is 6.74. The highest BCUT2D eigenvalue weighted by Crippen LogP contribution is 2.49. The zero-order valence-electron chi connectivity index (χ0n) is 45.4. The molecule has 8 aromatic rings.